The number of nitrogens with one attached hydrogen (secondary N) is 1. The van der Waals surface area contributed by atoms with Gasteiger partial charge >= 0.3 is 0 Å². The number of anilines is 1. The van der Waals surface area contributed by atoms with Crippen LogP contribution in [-0.2, 0) is 32.6 Å². The van der Waals surface area contributed by atoms with Crippen LogP contribution in [0.5, 0.6) is 0 Å². The second kappa shape index (κ2) is 15.0. The molecule has 0 radical (unpaired) electrons. The number of benzene rings is 4. The number of aryl methyl sites for hydroxylation is 2. The minimum atomic E-state index is -4.20. The van der Waals surface area contributed by atoms with Crippen LogP contribution >= 0.6 is 11.6 Å². The molecule has 1 aliphatic carbocycles. The fourth-order valence-corrected chi connectivity index (χ4v) is 7.51. The van der Waals surface area contributed by atoms with Crippen LogP contribution in [0.25, 0.3) is 0 Å². The third kappa shape index (κ3) is 8.17. The quantitative estimate of drug-likeness (QED) is 0.181. The van der Waals surface area contributed by atoms with Gasteiger partial charge < -0.3 is 10.2 Å². The fraction of sp³-hybridized carbons (Fsp3) is 0.297. The number of para-hydroxylation sites is 1. The van der Waals surface area contributed by atoms with Gasteiger partial charge in [-0.3, -0.25) is 13.9 Å². The number of carbonyl (C=O) groups is 2. The van der Waals surface area contributed by atoms with Crippen molar-refractivity contribution in [2.45, 2.75) is 69.5 Å². The zero-order valence-electron chi connectivity index (χ0n) is 26.2. The third-order valence-corrected chi connectivity index (χ3v) is 10.5. The molecule has 1 N–H and O–H groups in total. The molecule has 5 rings (SSSR count). The van der Waals surface area contributed by atoms with Gasteiger partial charge in [0.05, 0.1) is 10.6 Å². The normalized spacial score (nSPS) is 14.1. The molecular weight excluding hydrogens is 618 g/mol. The largest absolute Gasteiger partial charge is 0.352 e. The Morgan fingerprint density at radius 1 is 0.826 bits per heavy atom. The molecule has 0 spiro atoms. The summed E-state index contributed by atoms with van der Waals surface area (Å²) in [5.74, 6) is -0.719. The molecule has 0 heterocycles. The van der Waals surface area contributed by atoms with Gasteiger partial charge in [-0.2, -0.15) is 0 Å². The summed E-state index contributed by atoms with van der Waals surface area (Å²) >= 11 is 6.08. The highest BCUT2D eigenvalue weighted by Crippen LogP contribution is 2.28. The zero-order chi connectivity index (χ0) is 32.7. The minimum absolute atomic E-state index is 0.0119. The molecule has 46 heavy (non-hydrogen) atoms. The second-order valence-corrected chi connectivity index (χ2v) is 14.3. The number of halogens is 1. The van der Waals surface area contributed by atoms with Crippen LogP contribution in [0, 0.1) is 13.8 Å². The summed E-state index contributed by atoms with van der Waals surface area (Å²) in [5, 5.41) is 3.61. The first-order chi connectivity index (χ1) is 22.1. The van der Waals surface area contributed by atoms with Crippen molar-refractivity contribution in [2.24, 2.45) is 0 Å². The molecule has 1 aliphatic rings. The molecule has 7 nitrogen and oxygen atoms in total. The van der Waals surface area contributed by atoms with Gasteiger partial charge in [-0.1, -0.05) is 103 Å². The van der Waals surface area contributed by atoms with Crippen LogP contribution in [-0.4, -0.2) is 43.8 Å². The van der Waals surface area contributed by atoms with E-state index < -0.39 is 28.5 Å². The molecule has 0 saturated heterocycles. The van der Waals surface area contributed by atoms with Crippen molar-refractivity contribution < 1.29 is 18.0 Å². The van der Waals surface area contributed by atoms with E-state index in [0.29, 0.717) is 16.3 Å². The van der Waals surface area contributed by atoms with Crippen molar-refractivity contribution in [1.82, 2.24) is 10.2 Å². The SMILES string of the molecule is Cc1ccc(CN(C(=O)CN(c2ccccc2C)S(=O)(=O)c2ccc(Cl)cc2)[C@@H](Cc2ccccc2)C(=O)NC2CCCC2)cc1. The summed E-state index contributed by atoms with van der Waals surface area (Å²) in [6.07, 6.45) is 4.18. The smallest absolute Gasteiger partial charge is 0.264 e. The summed E-state index contributed by atoms with van der Waals surface area (Å²) in [4.78, 5) is 30.3. The maximum atomic E-state index is 14.6. The Bertz CT molecular complexity index is 1740. The Kier molecular flexibility index (Phi) is 10.8. The highest BCUT2D eigenvalue weighted by molar-refractivity contribution is 7.92. The van der Waals surface area contributed by atoms with Crippen molar-refractivity contribution in [3.8, 4) is 0 Å². The Labute approximate surface area is 277 Å². The summed E-state index contributed by atoms with van der Waals surface area (Å²) in [5.41, 5.74) is 3.89. The van der Waals surface area contributed by atoms with Crippen LogP contribution in [0.1, 0.15) is 47.9 Å². The molecule has 1 atom stereocenters. The predicted molar refractivity (Wildman–Crippen MR) is 183 cm³/mol. The van der Waals surface area contributed by atoms with Gasteiger partial charge in [0.25, 0.3) is 10.0 Å². The molecule has 1 saturated carbocycles. The van der Waals surface area contributed by atoms with E-state index in [9.17, 15) is 18.0 Å². The maximum Gasteiger partial charge on any atom is 0.264 e. The van der Waals surface area contributed by atoms with Gasteiger partial charge in [-0.25, -0.2) is 8.42 Å². The van der Waals surface area contributed by atoms with E-state index in [2.05, 4.69) is 5.32 Å². The van der Waals surface area contributed by atoms with Crippen molar-refractivity contribution in [1.29, 1.82) is 0 Å². The third-order valence-electron chi connectivity index (χ3n) is 8.51. The number of carbonyl (C=O) groups excluding carboxylic acids is 2. The predicted octanol–water partition coefficient (Wildman–Crippen LogP) is 6.85. The van der Waals surface area contributed by atoms with Crippen molar-refractivity contribution >= 4 is 39.1 Å². The molecule has 1 fully saturated rings. The molecule has 0 aliphatic heterocycles. The zero-order valence-corrected chi connectivity index (χ0v) is 27.8. The molecule has 240 valence electrons. The fourth-order valence-electron chi connectivity index (χ4n) is 5.90. The summed E-state index contributed by atoms with van der Waals surface area (Å²) < 4.78 is 29.6. The van der Waals surface area contributed by atoms with E-state index in [0.717, 1.165) is 46.7 Å². The Hall–Kier alpha value is -4.14. The maximum absolute atomic E-state index is 14.6. The average molecular weight is 658 g/mol. The van der Waals surface area contributed by atoms with E-state index in [1.54, 1.807) is 17.0 Å². The molecule has 2 amide bonds. The lowest BCUT2D eigenvalue weighted by atomic mass is 10.0. The van der Waals surface area contributed by atoms with Gasteiger partial charge in [-0.15, -0.1) is 0 Å². The summed E-state index contributed by atoms with van der Waals surface area (Å²) in [7, 11) is -4.20. The molecule has 4 aromatic rings. The van der Waals surface area contributed by atoms with E-state index >= 15 is 0 Å². The molecule has 4 aromatic carbocycles. The lowest BCUT2D eigenvalue weighted by Gasteiger charge is -2.34. The van der Waals surface area contributed by atoms with E-state index in [1.807, 2.05) is 80.6 Å². The number of nitrogens with zero attached hydrogens (tertiary/aromatic N) is 2. The molecule has 0 bridgehead atoms. The minimum Gasteiger partial charge on any atom is -0.352 e. The first kappa shape index (κ1) is 33.2. The number of rotatable bonds is 12. The standard InChI is InChI=1S/C37H40ClN3O4S/c1-27-16-18-30(19-17-27)25-40(35(24-29-11-4-3-5-12-29)37(43)39-32-13-7-8-14-32)36(42)26-41(34-15-9-6-10-28(34)2)46(44,45)33-22-20-31(38)21-23-33/h3-6,9-12,15-23,32,35H,7-8,13-14,24-26H2,1-2H3,(H,39,43)/t35-/m0/s1. The number of sulfonamides is 1. The average Bonchev–Trinajstić information content (AvgIpc) is 3.56. The van der Waals surface area contributed by atoms with Crippen LogP contribution in [0.3, 0.4) is 0 Å². The van der Waals surface area contributed by atoms with Crippen molar-refractivity contribution in [3.05, 3.63) is 130 Å². The molecule has 9 heteroatoms. The van der Waals surface area contributed by atoms with Crippen LogP contribution < -0.4 is 9.62 Å². The van der Waals surface area contributed by atoms with Gasteiger partial charge in [0.1, 0.15) is 12.6 Å². The van der Waals surface area contributed by atoms with Gasteiger partial charge in [0.2, 0.25) is 11.8 Å². The molecular formula is C37H40ClN3O4S. The monoisotopic (exact) mass is 657 g/mol. The Morgan fingerprint density at radius 2 is 1.46 bits per heavy atom. The lowest BCUT2D eigenvalue weighted by molar-refractivity contribution is -0.140. The van der Waals surface area contributed by atoms with Gasteiger partial charge in [0, 0.05) is 24.0 Å². The van der Waals surface area contributed by atoms with E-state index in [-0.39, 0.29) is 29.8 Å². The Balaban J connectivity index is 1.57. The van der Waals surface area contributed by atoms with Crippen LogP contribution in [0.4, 0.5) is 5.69 Å². The first-order valence-corrected chi connectivity index (χ1v) is 17.5. The summed E-state index contributed by atoms with van der Waals surface area (Å²) in [6, 6.07) is 29.6. The van der Waals surface area contributed by atoms with Gasteiger partial charge in [-0.05, 0) is 73.7 Å². The Morgan fingerprint density at radius 3 is 2.11 bits per heavy atom. The number of hydrogen-bond acceptors (Lipinski definition) is 4. The highest BCUT2D eigenvalue weighted by Gasteiger charge is 2.36. The first-order valence-electron chi connectivity index (χ1n) is 15.6. The van der Waals surface area contributed by atoms with Gasteiger partial charge in [0.15, 0.2) is 0 Å². The van der Waals surface area contributed by atoms with E-state index in [1.165, 1.54) is 24.3 Å². The molecule has 0 aromatic heterocycles. The second-order valence-electron chi connectivity index (χ2n) is 12.0. The highest BCUT2D eigenvalue weighted by atomic mass is 35.5. The van der Waals surface area contributed by atoms with Crippen molar-refractivity contribution in [3.63, 3.8) is 0 Å². The lowest BCUT2D eigenvalue weighted by Crippen LogP contribution is -2.54. The number of hydrogen-bond donors (Lipinski definition) is 1. The van der Waals surface area contributed by atoms with Crippen LogP contribution in [0.2, 0.25) is 5.02 Å². The van der Waals surface area contributed by atoms with Crippen molar-refractivity contribution in [2.75, 3.05) is 10.8 Å². The van der Waals surface area contributed by atoms with E-state index in [4.69, 9.17) is 11.6 Å². The topological polar surface area (TPSA) is 86.8 Å². The summed E-state index contributed by atoms with van der Waals surface area (Å²) in [6.45, 7) is 3.43. The number of amides is 2. The molecule has 0 unspecified atom stereocenters. The van der Waals surface area contributed by atoms with Crippen LogP contribution in [0.15, 0.2) is 108 Å².